The molecule has 4 rings (SSSR count). The Morgan fingerprint density at radius 2 is 2.25 bits per heavy atom. The average molecular weight is 216 g/mol. The van der Waals surface area contributed by atoms with E-state index in [2.05, 4.69) is 32.9 Å². The molecule has 0 spiro atoms. The van der Waals surface area contributed by atoms with Gasteiger partial charge in [-0.25, -0.2) is 0 Å². The molecule has 0 saturated carbocycles. The molecule has 0 radical (unpaired) electrons. The number of allylic oxidation sites excluding steroid dienone is 2. The van der Waals surface area contributed by atoms with Gasteiger partial charge in [-0.3, -0.25) is 0 Å². The summed E-state index contributed by atoms with van der Waals surface area (Å²) in [6.07, 6.45) is 7.99. The topological polar surface area (TPSA) is 13.1 Å². The third kappa shape index (κ3) is 1.24. The third-order valence-electron chi connectivity index (χ3n) is 5.08. The number of hydrogen-bond donors (Lipinski definition) is 0. The normalized spacial score (nSPS) is 37.6. The second kappa shape index (κ2) is 3.26. The molecule has 1 aromatic heterocycles. The maximum Gasteiger partial charge on any atom is 0.113 e. The molecule has 16 heavy (non-hydrogen) atoms. The van der Waals surface area contributed by atoms with Gasteiger partial charge in [0.1, 0.15) is 5.76 Å². The minimum absolute atomic E-state index is 0.408. The van der Waals surface area contributed by atoms with Gasteiger partial charge in [0, 0.05) is 5.92 Å². The van der Waals surface area contributed by atoms with Crippen LogP contribution in [-0.4, -0.2) is 0 Å². The van der Waals surface area contributed by atoms with Crippen LogP contribution in [0.4, 0.5) is 0 Å². The third-order valence-corrected chi connectivity index (χ3v) is 5.08. The SMILES string of the molecule is CC1=C[C@@H]2C[C@H](C)[C@]1(C)CCc1ccoc12. The summed E-state index contributed by atoms with van der Waals surface area (Å²) < 4.78 is 5.70. The van der Waals surface area contributed by atoms with Gasteiger partial charge in [-0.1, -0.05) is 25.5 Å². The first-order chi connectivity index (χ1) is 7.61. The first kappa shape index (κ1) is 10.2. The number of hydrogen-bond acceptors (Lipinski definition) is 1. The Hall–Kier alpha value is -0.980. The smallest absolute Gasteiger partial charge is 0.113 e. The van der Waals surface area contributed by atoms with Crippen LogP contribution in [0.1, 0.15) is 50.9 Å². The zero-order chi connectivity index (χ0) is 11.3. The van der Waals surface area contributed by atoms with Crippen molar-refractivity contribution >= 4 is 0 Å². The summed E-state index contributed by atoms with van der Waals surface area (Å²) in [6, 6.07) is 2.16. The van der Waals surface area contributed by atoms with Gasteiger partial charge < -0.3 is 4.42 Å². The van der Waals surface area contributed by atoms with Gasteiger partial charge >= 0.3 is 0 Å². The molecule has 0 N–H and O–H groups in total. The van der Waals surface area contributed by atoms with Crippen LogP contribution in [0.15, 0.2) is 28.4 Å². The zero-order valence-corrected chi connectivity index (χ0v) is 10.4. The first-order valence-electron chi connectivity index (χ1n) is 6.36. The van der Waals surface area contributed by atoms with Crippen molar-refractivity contribution in [2.24, 2.45) is 11.3 Å². The van der Waals surface area contributed by atoms with E-state index in [4.69, 9.17) is 4.42 Å². The molecule has 0 fully saturated rings. The van der Waals surface area contributed by atoms with Crippen LogP contribution in [0.3, 0.4) is 0 Å². The lowest BCUT2D eigenvalue weighted by Crippen LogP contribution is -2.34. The quantitative estimate of drug-likeness (QED) is 0.589. The Morgan fingerprint density at radius 1 is 1.44 bits per heavy atom. The average Bonchev–Trinajstić information content (AvgIpc) is 2.69. The van der Waals surface area contributed by atoms with Crippen molar-refractivity contribution in [1.82, 2.24) is 0 Å². The van der Waals surface area contributed by atoms with Crippen LogP contribution in [0.2, 0.25) is 0 Å². The Labute approximate surface area is 97.5 Å². The van der Waals surface area contributed by atoms with Crippen LogP contribution in [0, 0.1) is 11.3 Å². The molecule has 1 nitrogen and oxygen atoms in total. The molecule has 1 heteroatoms. The Bertz CT molecular complexity index is 440. The van der Waals surface area contributed by atoms with Gasteiger partial charge in [-0.2, -0.15) is 0 Å². The summed E-state index contributed by atoms with van der Waals surface area (Å²) in [5, 5.41) is 0. The molecule has 2 bridgehead atoms. The molecule has 1 aromatic rings. The molecule has 0 saturated heterocycles. The maximum absolute atomic E-state index is 5.70. The second-order valence-corrected chi connectivity index (χ2v) is 5.82. The lowest BCUT2D eigenvalue weighted by molar-refractivity contribution is 0.188. The molecule has 3 aliphatic rings. The summed E-state index contributed by atoms with van der Waals surface area (Å²) in [6.45, 7) is 7.14. The van der Waals surface area contributed by atoms with E-state index in [1.807, 2.05) is 6.26 Å². The Kier molecular flexibility index (Phi) is 2.07. The molecule has 86 valence electrons. The fourth-order valence-corrected chi connectivity index (χ4v) is 3.49. The van der Waals surface area contributed by atoms with Crippen molar-refractivity contribution in [2.75, 3.05) is 0 Å². The minimum atomic E-state index is 0.408. The van der Waals surface area contributed by atoms with E-state index in [-0.39, 0.29) is 0 Å². The highest BCUT2D eigenvalue weighted by Crippen LogP contribution is 2.51. The first-order valence-corrected chi connectivity index (χ1v) is 6.36. The summed E-state index contributed by atoms with van der Waals surface area (Å²) >= 11 is 0. The second-order valence-electron chi connectivity index (χ2n) is 5.82. The Morgan fingerprint density at radius 3 is 3.00 bits per heavy atom. The van der Waals surface area contributed by atoms with E-state index >= 15 is 0 Å². The van der Waals surface area contributed by atoms with Gasteiger partial charge in [0.05, 0.1) is 6.26 Å². The van der Waals surface area contributed by atoms with Crippen molar-refractivity contribution in [3.8, 4) is 0 Å². The highest BCUT2D eigenvalue weighted by atomic mass is 16.3. The maximum atomic E-state index is 5.70. The van der Waals surface area contributed by atoms with Crippen molar-refractivity contribution in [3.63, 3.8) is 0 Å². The molecular weight excluding hydrogens is 196 g/mol. The Balaban J connectivity index is 2.14. The van der Waals surface area contributed by atoms with Gasteiger partial charge in [0.25, 0.3) is 0 Å². The van der Waals surface area contributed by atoms with Crippen LogP contribution in [-0.2, 0) is 6.42 Å². The number of aryl methyl sites for hydroxylation is 1. The van der Waals surface area contributed by atoms with Crippen molar-refractivity contribution in [3.05, 3.63) is 35.3 Å². The standard InChI is InChI=1S/C15H20O/c1-10-8-13-9-11(2)15(10,3)6-4-12-5-7-16-14(12)13/h5,7-8,11,13H,4,6,9H2,1-3H3/t11-,13+,15+/m0/s1. The van der Waals surface area contributed by atoms with Crippen LogP contribution in [0.5, 0.6) is 0 Å². The van der Waals surface area contributed by atoms with Gasteiger partial charge in [0.2, 0.25) is 0 Å². The highest BCUT2D eigenvalue weighted by molar-refractivity contribution is 5.33. The van der Waals surface area contributed by atoms with Crippen LogP contribution < -0.4 is 0 Å². The number of rotatable bonds is 0. The molecule has 3 aliphatic carbocycles. The molecule has 0 unspecified atom stereocenters. The van der Waals surface area contributed by atoms with E-state index < -0.39 is 0 Å². The van der Waals surface area contributed by atoms with Crippen LogP contribution in [0.25, 0.3) is 0 Å². The van der Waals surface area contributed by atoms with Crippen molar-refractivity contribution in [1.29, 1.82) is 0 Å². The summed E-state index contributed by atoms with van der Waals surface area (Å²) in [7, 11) is 0. The molecular formula is C15H20O. The van der Waals surface area contributed by atoms with Crippen LogP contribution >= 0.6 is 0 Å². The zero-order valence-electron chi connectivity index (χ0n) is 10.4. The molecule has 0 amide bonds. The summed E-state index contributed by atoms with van der Waals surface area (Å²) in [4.78, 5) is 0. The van der Waals surface area contributed by atoms with Gasteiger partial charge in [-0.05, 0) is 49.1 Å². The molecule has 0 aliphatic heterocycles. The van der Waals surface area contributed by atoms with Crippen molar-refractivity contribution in [2.45, 2.75) is 46.0 Å². The summed E-state index contributed by atoms with van der Waals surface area (Å²) in [5.74, 6) is 2.52. The lowest BCUT2D eigenvalue weighted by Gasteiger charge is -2.44. The van der Waals surface area contributed by atoms with Gasteiger partial charge in [0.15, 0.2) is 0 Å². The fourth-order valence-electron chi connectivity index (χ4n) is 3.49. The van der Waals surface area contributed by atoms with E-state index in [1.165, 1.54) is 30.6 Å². The predicted octanol–water partition coefficient (Wildman–Crippen LogP) is 4.30. The lowest BCUT2D eigenvalue weighted by atomic mass is 9.60. The highest BCUT2D eigenvalue weighted by Gasteiger charge is 2.40. The minimum Gasteiger partial charge on any atom is -0.468 e. The van der Waals surface area contributed by atoms with E-state index in [9.17, 15) is 0 Å². The summed E-state index contributed by atoms with van der Waals surface area (Å²) in [5.41, 5.74) is 3.41. The fraction of sp³-hybridized carbons (Fsp3) is 0.600. The predicted molar refractivity (Wildman–Crippen MR) is 65.4 cm³/mol. The number of fused-ring (bicyclic) bond motifs is 2. The van der Waals surface area contributed by atoms with E-state index in [0.29, 0.717) is 11.3 Å². The van der Waals surface area contributed by atoms with E-state index in [0.717, 1.165) is 5.92 Å². The molecule has 1 heterocycles. The monoisotopic (exact) mass is 216 g/mol. The van der Waals surface area contributed by atoms with E-state index in [1.54, 1.807) is 5.57 Å². The number of furan rings is 1. The largest absolute Gasteiger partial charge is 0.468 e. The van der Waals surface area contributed by atoms with Crippen molar-refractivity contribution < 1.29 is 4.42 Å². The molecule has 3 atom stereocenters. The molecule has 0 aromatic carbocycles. The van der Waals surface area contributed by atoms with Gasteiger partial charge in [-0.15, -0.1) is 0 Å².